The number of nitrogens with zero attached hydrogens (tertiary/aromatic N) is 1. The third-order valence-electron chi connectivity index (χ3n) is 2.70. The first kappa shape index (κ1) is 13.3. The molecule has 2 nitrogen and oxygen atoms in total. The highest BCUT2D eigenvalue weighted by Gasteiger charge is 2.07. The molecule has 0 aliphatic carbocycles. The monoisotopic (exact) mass is 240 g/mol. The lowest BCUT2D eigenvalue weighted by Gasteiger charge is -2.16. The summed E-state index contributed by atoms with van der Waals surface area (Å²) in [4.78, 5) is 4.29. The summed E-state index contributed by atoms with van der Waals surface area (Å²) >= 11 is 5.80. The molecule has 0 amide bonds. The Morgan fingerprint density at radius 2 is 2.25 bits per heavy atom. The van der Waals surface area contributed by atoms with Crippen LogP contribution in [0.4, 0.5) is 5.82 Å². The normalized spacial score (nSPS) is 12.4. The maximum Gasteiger partial charge on any atom is 0.126 e. The van der Waals surface area contributed by atoms with Crippen molar-refractivity contribution >= 4 is 17.4 Å². The predicted molar refractivity (Wildman–Crippen MR) is 71.2 cm³/mol. The van der Waals surface area contributed by atoms with E-state index in [0.717, 1.165) is 24.7 Å². The van der Waals surface area contributed by atoms with E-state index in [-0.39, 0.29) is 0 Å². The molecule has 1 unspecified atom stereocenters. The van der Waals surface area contributed by atoms with Gasteiger partial charge in [0.25, 0.3) is 0 Å². The van der Waals surface area contributed by atoms with Crippen molar-refractivity contribution in [3.63, 3.8) is 0 Å². The third-order valence-corrected chi connectivity index (χ3v) is 2.92. The second-order valence-electron chi connectivity index (χ2n) is 4.23. The number of alkyl halides is 1. The number of aryl methyl sites for hydroxylation is 1. The van der Waals surface area contributed by atoms with Gasteiger partial charge in [0.2, 0.25) is 0 Å². The Hall–Kier alpha value is -0.760. The van der Waals surface area contributed by atoms with Crippen LogP contribution in [0.3, 0.4) is 0 Å². The number of hydrogen-bond donors (Lipinski definition) is 1. The van der Waals surface area contributed by atoms with Crippen LogP contribution in [0.2, 0.25) is 0 Å². The lowest BCUT2D eigenvalue weighted by atomic mass is 10.0. The zero-order chi connectivity index (χ0) is 11.8. The van der Waals surface area contributed by atoms with Crippen molar-refractivity contribution < 1.29 is 0 Å². The number of hydrogen-bond acceptors (Lipinski definition) is 2. The van der Waals surface area contributed by atoms with Gasteiger partial charge in [-0.25, -0.2) is 4.98 Å². The summed E-state index contributed by atoms with van der Waals surface area (Å²) in [7, 11) is 0. The number of pyridine rings is 1. The number of rotatable bonds is 7. The maximum absolute atomic E-state index is 5.80. The van der Waals surface area contributed by atoms with Crippen molar-refractivity contribution in [2.45, 2.75) is 33.1 Å². The molecular weight excluding hydrogens is 220 g/mol. The molecule has 1 rings (SSSR count). The summed E-state index contributed by atoms with van der Waals surface area (Å²) in [5.41, 5.74) is 1.24. The van der Waals surface area contributed by atoms with Crippen LogP contribution in [-0.4, -0.2) is 17.4 Å². The van der Waals surface area contributed by atoms with Crippen LogP contribution in [0.1, 0.15) is 31.7 Å². The summed E-state index contributed by atoms with van der Waals surface area (Å²) in [5.74, 6) is 2.37. The Bertz CT molecular complexity index is 296. The third kappa shape index (κ3) is 4.84. The molecule has 0 aliphatic rings. The predicted octanol–water partition coefficient (Wildman–Crippen LogP) is 3.85. The first-order valence-corrected chi connectivity index (χ1v) is 6.52. The van der Waals surface area contributed by atoms with Crippen LogP contribution in [-0.2, 0) is 0 Å². The van der Waals surface area contributed by atoms with Gasteiger partial charge in [-0.2, -0.15) is 0 Å². The topological polar surface area (TPSA) is 24.9 Å². The molecule has 90 valence electrons. The van der Waals surface area contributed by atoms with Crippen molar-refractivity contribution in [2.24, 2.45) is 5.92 Å². The SMILES string of the molecule is CCCC(CCCl)CNc1cc(C)ccn1. The second-order valence-corrected chi connectivity index (χ2v) is 4.61. The fraction of sp³-hybridized carbons (Fsp3) is 0.615. The number of nitrogens with one attached hydrogen (secondary N) is 1. The van der Waals surface area contributed by atoms with Crippen molar-refractivity contribution in [1.82, 2.24) is 4.98 Å². The van der Waals surface area contributed by atoms with Crippen LogP contribution < -0.4 is 5.32 Å². The molecule has 0 saturated carbocycles. The molecule has 1 aromatic heterocycles. The first-order chi connectivity index (χ1) is 7.76. The van der Waals surface area contributed by atoms with E-state index in [1.165, 1.54) is 18.4 Å². The number of anilines is 1. The van der Waals surface area contributed by atoms with Gasteiger partial charge in [-0.1, -0.05) is 13.3 Å². The molecule has 1 atom stereocenters. The highest BCUT2D eigenvalue weighted by molar-refractivity contribution is 6.17. The highest BCUT2D eigenvalue weighted by atomic mass is 35.5. The Morgan fingerprint density at radius 1 is 1.44 bits per heavy atom. The smallest absolute Gasteiger partial charge is 0.126 e. The summed E-state index contributed by atoms with van der Waals surface area (Å²) < 4.78 is 0. The number of aromatic nitrogens is 1. The Labute approximate surface area is 103 Å². The lowest BCUT2D eigenvalue weighted by Crippen LogP contribution is -2.15. The largest absolute Gasteiger partial charge is 0.370 e. The van der Waals surface area contributed by atoms with Crippen LogP contribution in [0.15, 0.2) is 18.3 Å². The standard InChI is InChI=1S/C13H21ClN2/c1-3-4-12(5-7-14)10-16-13-9-11(2)6-8-15-13/h6,8-9,12H,3-5,7,10H2,1-2H3,(H,15,16). The van der Waals surface area contributed by atoms with Gasteiger partial charge in [-0.05, 0) is 43.4 Å². The van der Waals surface area contributed by atoms with Crippen molar-refractivity contribution in [1.29, 1.82) is 0 Å². The van der Waals surface area contributed by atoms with Gasteiger partial charge in [0.15, 0.2) is 0 Å². The second kappa shape index (κ2) is 7.50. The summed E-state index contributed by atoms with van der Waals surface area (Å²) in [6.07, 6.45) is 5.36. The fourth-order valence-electron chi connectivity index (χ4n) is 1.79. The summed E-state index contributed by atoms with van der Waals surface area (Å²) in [6.45, 7) is 5.26. The van der Waals surface area contributed by atoms with Gasteiger partial charge in [0.1, 0.15) is 5.82 Å². The minimum absolute atomic E-state index is 0.657. The summed E-state index contributed by atoms with van der Waals surface area (Å²) in [5, 5.41) is 3.39. The van der Waals surface area contributed by atoms with E-state index < -0.39 is 0 Å². The molecule has 1 N–H and O–H groups in total. The minimum Gasteiger partial charge on any atom is -0.370 e. The van der Waals surface area contributed by atoms with E-state index in [1.54, 1.807) is 0 Å². The maximum atomic E-state index is 5.80. The van der Waals surface area contributed by atoms with Gasteiger partial charge >= 0.3 is 0 Å². The molecule has 0 radical (unpaired) electrons. The van der Waals surface area contributed by atoms with E-state index in [9.17, 15) is 0 Å². The average molecular weight is 241 g/mol. The van der Waals surface area contributed by atoms with Crippen molar-refractivity contribution in [2.75, 3.05) is 17.7 Å². The molecule has 0 aliphatic heterocycles. The molecule has 3 heteroatoms. The molecule has 0 spiro atoms. The minimum atomic E-state index is 0.657. The van der Waals surface area contributed by atoms with Gasteiger partial charge < -0.3 is 5.32 Å². The van der Waals surface area contributed by atoms with Crippen LogP contribution in [0.5, 0.6) is 0 Å². The fourth-order valence-corrected chi connectivity index (χ4v) is 2.10. The summed E-state index contributed by atoms with van der Waals surface area (Å²) in [6, 6.07) is 4.08. The highest BCUT2D eigenvalue weighted by Crippen LogP contribution is 2.14. The first-order valence-electron chi connectivity index (χ1n) is 5.98. The van der Waals surface area contributed by atoms with E-state index in [2.05, 4.69) is 30.2 Å². The van der Waals surface area contributed by atoms with Crippen LogP contribution in [0.25, 0.3) is 0 Å². The zero-order valence-electron chi connectivity index (χ0n) is 10.2. The molecule has 0 fully saturated rings. The molecular formula is C13H21ClN2. The lowest BCUT2D eigenvalue weighted by molar-refractivity contribution is 0.489. The average Bonchev–Trinajstić information content (AvgIpc) is 2.27. The van der Waals surface area contributed by atoms with E-state index in [1.807, 2.05) is 12.3 Å². The zero-order valence-corrected chi connectivity index (χ0v) is 10.9. The van der Waals surface area contributed by atoms with Crippen LogP contribution in [0, 0.1) is 12.8 Å². The van der Waals surface area contributed by atoms with Crippen molar-refractivity contribution in [3.8, 4) is 0 Å². The molecule has 1 aromatic rings. The van der Waals surface area contributed by atoms with E-state index >= 15 is 0 Å². The quantitative estimate of drug-likeness (QED) is 0.733. The molecule has 1 heterocycles. The van der Waals surface area contributed by atoms with Gasteiger partial charge in [0, 0.05) is 18.6 Å². The Balaban J connectivity index is 2.41. The van der Waals surface area contributed by atoms with E-state index in [0.29, 0.717) is 5.92 Å². The molecule has 16 heavy (non-hydrogen) atoms. The van der Waals surface area contributed by atoms with Crippen molar-refractivity contribution in [3.05, 3.63) is 23.9 Å². The van der Waals surface area contributed by atoms with Crippen LogP contribution >= 0.6 is 11.6 Å². The van der Waals surface area contributed by atoms with E-state index in [4.69, 9.17) is 11.6 Å². The molecule has 0 saturated heterocycles. The Kier molecular flexibility index (Phi) is 6.24. The van der Waals surface area contributed by atoms with Gasteiger partial charge in [-0.15, -0.1) is 11.6 Å². The molecule has 0 aromatic carbocycles. The van der Waals surface area contributed by atoms with Gasteiger partial charge in [0.05, 0.1) is 0 Å². The molecule has 0 bridgehead atoms. The van der Waals surface area contributed by atoms with Gasteiger partial charge in [-0.3, -0.25) is 0 Å². The Morgan fingerprint density at radius 3 is 2.88 bits per heavy atom. The number of halogens is 1.